The summed E-state index contributed by atoms with van der Waals surface area (Å²) in [6.45, 7) is 2.69. The monoisotopic (exact) mass is 348 g/mol. The van der Waals surface area contributed by atoms with Crippen LogP contribution in [-0.2, 0) is 0 Å². The normalized spacial score (nSPS) is 10.2. The minimum Gasteiger partial charge on any atom is -0.494 e. The number of carbonyl (C=O) groups is 1. The summed E-state index contributed by atoms with van der Waals surface area (Å²) in [5.74, 6) is 0.485. The third-order valence-corrected chi connectivity index (χ3v) is 3.32. The SMILES string of the molecule is CCCOc1cccc(NC(=O)c2cc(Br)ccc2N)c1. The number of amides is 1. The number of nitrogens with two attached hydrogens (primary N) is 1. The first-order valence-electron chi connectivity index (χ1n) is 6.69. The maximum Gasteiger partial charge on any atom is 0.257 e. The lowest BCUT2D eigenvalue weighted by atomic mass is 10.1. The Bertz CT molecular complexity index is 644. The zero-order valence-corrected chi connectivity index (χ0v) is 13.3. The molecule has 5 heteroatoms. The van der Waals surface area contributed by atoms with E-state index in [1.165, 1.54) is 0 Å². The van der Waals surface area contributed by atoms with Crippen LogP contribution in [0.15, 0.2) is 46.9 Å². The molecule has 0 aromatic heterocycles. The van der Waals surface area contributed by atoms with Crippen LogP contribution in [0.5, 0.6) is 5.75 Å². The summed E-state index contributed by atoms with van der Waals surface area (Å²) in [6, 6.07) is 12.5. The zero-order valence-electron chi connectivity index (χ0n) is 11.7. The van der Waals surface area contributed by atoms with Gasteiger partial charge in [0.25, 0.3) is 5.91 Å². The Morgan fingerprint density at radius 2 is 2.10 bits per heavy atom. The van der Waals surface area contributed by atoms with Gasteiger partial charge in [-0.2, -0.15) is 0 Å². The number of rotatable bonds is 5. The molecule has 110 valence electrons. The molecule has 0 atom stereocenters. The number of benzene rings is 2. The third-order valence-electron chi connectivity index (χ3n) is 2.82. The van der Waals surface area contributed by atoms with E-state index in [0.29, 0.717) is 23.5 Å². The lowest BCUT2D eigenvalue weighted by molar-refractivity contribution is 0.102. The lowest BCUT2D eigenvalue weighted by Crippen LogP contribution is -2.14. The van der Waals surface area contributed by atoms with Gasteiger partial charge in [-0.05, 0) is 36.8 Å². The molecule has 21 heavy (non-hydrogen) atoms. The first kappa shape index (κ1) is 15.4. The van der Waals surface area contributed by atoms with Crippen molar-refractivity contribution in [3.05, 3.63) is 52.5 Å². The Morgan fingerprint density at radius 3 is 2.86 bits per heavy atom. The molecule has 0 spiro atoms. The average Bonchev–Trinajstić information content (AvgIpc) is 2.48. The van der Waals surface area contributed by atoms with Crippen molar-refractivity contribution in [2.45, 2.75) is 13.3 Å². The van der Waals surface area contributed by atoms with Gasteiger partial charge in [-0.15, -0.1) is 0 Å². The van der Waals surface area contributed by atoms with E-state index < -0.39 is 0 Å². The number of halogens is 1. The van der Waals surface area contributed by atoms with Crippen LogP contribution in [-0.4, -0.2) is 12.5 Å². The van der Waals surface area contributed by atoms with Crippen molar-refractivity contribution in [3.8, 4) is 5.75 Å². The molecule has 0 radical (unpaired) electrons. The molecule has 3 N–H and O–H groups in total. The van der Waals surface area contributed by atoms with Gasteiger partial charge in [0.05, 0.1) is 12.2 Å². The number of hydrogen-bond donors (Lipinski definition) is 2. The van der Waals surface area contributed by atoms with E-state index in [1.54, 1.807) is 24.3 Å². The lowest BCUT2D eigenvalue weighted by Gasteiger charge is -2.10. The Morgan fingerprint density at radius 1 is 1.29 bits per heavy atom. The minimum absolute atomic E-state index is 0.249. The molecule has 0 aliphatic rings. The summed E-state index contributed by atoms with van der Waals surface area (Å²) >= 11 is 3.33. The fraction of sp³-hybridized carbons (Fsp3) is 0.188. The van der Waals surface area contributed by atoms with Gasteiger partial charge in [0, 0.05) is 21.9 Å². The number of nitrogen functional groups attached to an aromatic ring is 1. The van der Waals surface area contributed by atoms with Crippen molar-refractivity contribution >= 4 is 33.2 Å². The standard InChI is InChI=1S/C16H17BrN2O2/c1-2-8-21-13-5-3-4-12(10-13)19-16(20)14-9-11(17)6-7-15(14)18/h3-7,9-10H,2,8,18H2,1H3,(H,19,20). The summed E-state index contributed by atoms with van der Waals surface area (Å²) in [7, 11) is 0. The van der Waals surface area contributed by atoms with E-state index in [-0.39, 0.29) is 5.91 Å². The topological polar surface area (TPSA) is 64.3 Å². The van der Waals surface area contributed by atoms with E-state index in [0.717, 1.165) is 16.6 Å². The molecular weight excluding hydrogens is 332 g/mol. The van der Waals surface area contributed by atoms with Crippen LogP contribution in [0.1, 0.15) is 23.7 Å². The number of ether oxygens (including phenoxy) is 1. The largest absolute Gasteiger partial charge is 0.494 e. The molecule has 1 amide bonds. The van der Waals surface area contributed by atoms with Crippen molar-refractivity contribution < 1.29 is 9.53 Å². The van der Waals surface area contributed by atoms with Crippen molar-refractivity contribution in [3.63, 3.8) is 0 Å². The highest BCUT2D eigenvalue weighted by Crippen LogP contribution is 2.22. The van der Waals surface area contributed by atoms with Gasteiger partial charge in [-0.1, -0.05) is 28.9 Å². The summed E-state index contributed by atoms with van der Waals surface area (Å²) in [5, 5.41) is 2.82. The van der Waals surface area contributed by atoms with E-state index in [9.17, 15) is 4.79 Å². The van der Waals surface area contributed by atoms with Gasteiger partial charge in [-0.3, -0.25) is 4.79 Å². The summed E-state index contributed by atoms with van der Waals surface area (Å²) in [5.41, 5.74) is 7.38. The van der Waals surface area contributed by atoms with Crippen LogP contribution in [0.4, 0.5) is 11.4 Å². The highest BCUT2D eigenvalue weighted by molar-refractivity contribution is 9.10. The van der Waals surface area contributed by atoms with Gasteiger partial charge in [0.15, 0.2) is 0 Å². The van der Waals surface area contributed by atoms with Gasteiger partial charge in [0.2, 0.25) is 0 Å². The molecule has 0 fully saturated rings. The van der Waals surface area contributed by atoms with Gasteiger partial charge >= 0.3 is 0 Å². The van der Waals surface area contributed by atoms with E-state index in [4.69, 9.17) is 10.5 Å². The molecule has 0 unspecified atom stereocenters. The molecule has 0 heterocycles. The second-order valence-corrected chi connectivity index (χ2v) is 5.48. The molecule has 4 nitrogen and oxygen atoms in total. The quantitative estimate of drug-likeness (QED) is 0.800. The van der Waals surface area contributed by atoms with Crippen LogP contribution >= 0.6 is 15.9 Å². The fourth-order valence-electron chi connectivity index (χ4n) is 1.81. The fourth-order valence-corrected chi connectivity index (χ4v) is 2.17. The number of nitrogens with one attached hydrogen (secondary N) is 1. The van der Waals surface area contributed by atoms with Crippen LogP contribution < -0.4 is 15.8 Å². The average molecular weight is 349 g/mol. The predicted molar refractivity (Wildman–Crippen MR) is 88.7 cm³/mol. The summed E-state index contributed by atoms with van der Waals surface area (Å²) < 4.78 is 6.35. The zero-order chi connectivity index (χ0) is 15.2. The van der Waals surface area contributed by atoms with Crippen LogP contribution in [0.25, 0.3) is 0 Å². The van der Waals surface area contributed by atoms with Crippen LogP contribution in [0, 0.1) is 0 Å². The van der Waals surface area contributed by atoms with Crippen molar-refractivity contribution in [2.24, 2.45) is 0 Å². The first-order valence-corrected chi connectivity index (χ1v) is 7.48. The number of anilines is 2. The molecular formula is C16H17BrN2O2. The van der Waals surface area contributed by atoms with Crippen molar-refractivity contribution in [1.29, 1.82) is 0 Å². The second-order valence-electron chi connectivity index (χ2n) is 4.56. The third kappa shape index (κ3) is 4.23. The van der Waals surface area contributed by atoms with E-state index in [2.05, 4.69) is 21.2 Å². The molecule has 0 bridgehead atoms. The number of carbonyl (C=O) groups excluding carboxylic acids is 1. The molecule has 2 rings (SSSR count). The second kappa shape index (κ2) is 7.13. The first-order chi connectivity index (χ1) is 10.1. The Hall–Kier alpha value is -2.01. The van der Waals surface area contributed by atoms with Gasteiger partial charge in [0.1, 0.15) is 5.75 Å². The van der Waals surface area contributed by atoms with Crippen molar-refractivity contribution in [1.82, 2.24) is 0 Å². The minimum atomic E-state index is -0.249. The smallest absolute Gasteiger partial charge is 0.257 e. The molecule has 0 saturated carbocycles. The Kier molecular flexibility index (Phi) is 5.22. The Labute approximate surface area is 132 Å². The van der Waals surface area contributed by atoms with Crippen LogP contribution in [0.2, 0.25) is 0 Å². The van der Waals surface area contributed by atoms with Crippen molar-refractivity contribution in [2.75, 3.05) is 17.7 Å². The van der Waals surface area contributed by atoms with E-state index >= 15 is 0 Å². The van der Waals surface area contributed by atoms with Crippen LogP contribution in [0.3, 0.4) is 0 Å². The summed E-state index contributed by atoms with van der Waals surface area (Å²) in [4.78, 5) is 12.3. The highest BCUT2D eigenvalue weighted by atomic mass is 79.9. The molecule has 0 saturated heterocycles. The number of hydrogen-bond acceptors (Lipinski definition) is 3. The maximum absolute atomic E-state index is 12.3. The molecule has 0 aliphatic carbocycles. The molecule has 0 aliphatic heterocycles. The molecule has 2 aromatic rings. The van der Waals surface area contributed by atoms with E-state index in [1.807, 2.05) is 25.1 Å². The molecule has 2 aromatic carbocycles. The predicted octanol–water partition coefficient (Wildman–Crippen LogP) is 4.07. The highest BCUT2D eigenvalue weighted by Gasteiger charge is 2.11. The summed E-state index contributed by atoms with van der Waals surface area (Å²) in [6.07, 6.45) is 0.936. The maximum atomic E-state index is 12.3. The van der Waals surface area contributed by atoms with Gasteiger partial charge in [-0.25, -0.2) is 0 Å². The Balaban J connectivity index is 2.14. The van der Waals surface area contributed by atoms with Gasteiger partial charge < -0.3 is 15.8 Å².